The Hall–Kier alpha value is -0.480. The largest absolute Gasteiger partial charge is 0.316 e. The molecule has 0 spiro atoms. The monoisotopic (exact) mass is 255 g/mol. The van der Waals surface area contributed by atoms with Crippen LogP contribution in [0, 0.1) is 0 Å². The molecule has 0 bridgehead atoms. The van der Waals surface area contributed by atoms with E-state index in [-0.39, 0.29) is 0 Å². The zero-order valence-corrected chi connectivity index (χ0v) is 12.3. The maximum absolute atomic E-state index is 4.60. The first-order valence-electron chi connectivity index (χ1n) is 6.55. The molecule has 0 aliphatic rings. The van der Waals surface area contributed by atoms with Crippen LogP contribution >= 0.6 is 11.8 Å². The molecular weight excluding hydrogens is 230 g/mol. The van der Waals surface area contributed by atoms with Crippen LogP contribution in [-0.2, 0) is 19.4 Å². The summed E-state index contributed by atoms with van der Waals surface area (Å²) in [6.45, 7) is 7.50. The number of hydrogen-bond donors (Lipinski definition) is 1. The molecule has 1 unspecified atom stereocenters. The smallest absolute Gasteiger partial charge is 0.0624 e. The minimum absolute atomic E-state index is 0.548. The van der Waals surface area contributed by atoms with Crippen LogP contribution in [0.3, 0.4) is 0 Å². The van der Waals surface area contributed by atoms with Gasteiger partial charge in [0.2, 0.25) is 0 Å². The molecular formula is C13H25N3S. The van der Waals surface area contributed by atoms with Gasteiger partial charge in [-0.05, 0) is 32.2 Å². The maximum Gasteiger partial charge on any atom is 0.0624 e. The van der Waals surface area contributed by atoms with Crippen molar-refractivity contribution in [2.75, 3.05) is 18.6 Å². The van der Waals surface area contributed by atoms with E-state index in [1.165, 1.54) is 22.9 Å². The van der Waals surface area contributed by atoms with E-state index in [0.717, 1.165) is 19.4 Å². The van der Waals surface area contributed by atoms with Crippen molar-refractivity contribution >= 4 is 11.8 Å². The highest BCUT2D eigenvalue weighted by Gasteiger charge is 2.12. The summed E-state index contributed by atoms with van der Waals surface area (Å²) in [6.07, 6.45) is 2.10. The Kier molecular flexibility index (Phi) is 6.66. The van der Waals surface area contributed by atoms with Gasteiger partial charge in [-0.15, -0.1) is 0 Å². The number of aromatic nitrogens is 2. The van der Waals surface area contributed by atoms with E-state index in [1.807, 2.05) is 18.8 Å². The molecule has 0 amide bonds. The van der Waals surface area contributed by atoms with Crippen LogP contribution in [-0.4, -0.2) is 34.4 Å². The molecule has 0 fully saturated rings. The first-order valence-corrected chi connectivity index (χ1v) is 7.71. The topological polar surface area (TPSA) is 29.9 Å². The molecule has 0 saturated heterocycles. The Bertz CT molecular complexity index is 322. The summed E-state index contributed by atoms with van der Waals surface area (Å²) in [5.74, 6) is 2.36. The third-order valence-electron chi connectivity index (χ3n) is 2.96. The molecule has 1 aromatic heterocycles. The fourth-order valence-electron chi connectivity index (χ4n) is 1.88. The van der Waals surface area contributed by atoms with Crippen molar-refractivity contribution in [1.29, 1.82) is 0 Å². The second-order valence-electron chi connectivity index (χ2n) is 4.15. The second-order valence-corrected chi connectivity index (χ2v) is 5.46. The van der Waals surface area contributed by atoms with E-state index in [0.29, 0.717) is 6.04 Å². The summed E-state index contributed by atoms with van der Waals surface area (Å²) in [5, 5.41) is 8.00. The molecule has 1 rings (SSSR count). The van der Waals surface area contributed by atoms with E-state index in [2.05, 4.69) is 41.9 Å². The lowest BCUT2D eigenvalue weighted by molar-refractivity contribution is 0.555. The molecule has 17 heavy (non-hydrogen) atoms. The molecule has 1 N–H and O–H groups in total. The van der Waals surface area contributed by atoms with E-state index in [1.54, 1.807) is 0 Å². The van der Waals surface area contributed by atoms with Crippen LogP contribution in [0.2, 0.25) is 0 Å². The van der Waals surface area contributed by atoms with Gasteiger partial charge >= 0.3 is 0 Å². The summed E-state index contributed by atoms with van der Waals surface area (Å²) in [4.78, 5) is 0. The van der Waals surface area contributed by atoms with Crippen LogP contribution in [0.4, 0.5) is 0 Å². The molecule has 98 valence electrons. The highest BCUT2D eigenvalue weighted by atomic mass is 32.2. The molecule has 1 atom stereocenters. The number of nitrogens with one attached hydrogen (secondary N) is 1. The van der Waals surface area contributed by atoms with Gasteiger partial charge in [-0.25, -0.2) is 0 Å². The molecule has 0 radical (unpaired) electrons. The number of aryl methyl sites for hydroxylation is 2. The van der Waals surface area contributed by atoms with Crippen LogP contribution in [0.15, 0.2) is 6.07 Å². The highest BCUT2D eigenvalue weighted by molar-refractivity contribution is 7.99. The Morgan fingerprint density at radius 1 is 1.41 bits per heavy atom. The van der Waals surface area contributed by atoms with Gasteiger partial charge in [-0.3, -0.25) is 4.68 Å². The molecule has 0 saturated carbocycles. The fourth-order valence-corrected chi connectivity index (χ4v) is 2.69. The molecule has 0 aliphatic carbocycles. The molecule has 0 aromatic carbocycles. The lowest BCUT2D eigenvalue weighted by Gasteiger charge is -2.15. The quantitative estimate of drug-likeness (QED) is 0.773. The number of likely N-dealkylation sites (N-methyl/N-ethyl adjacent to an activating group) is 1. The van der Waals surface area contributed by atoms with E-state index in [9.17, 15) is 0 Å². The van der Waals surface area contributed by atoms with Crippen molar-refractivity contribution in [2.45, 2.75) is 46.2 Å². The minimum atomic E-state index is 0.548. The van der Waals surface area contributed by atoms with Crippen molar-refractivity contribution in [1.82, 2.24) is 15.1 Å². The summed E-state index contributed by atoms with van der Waals surface area (Å²) in [7, 11) is 2.05. The molecule has 3 nitrogen and oxygen atoms in total. The van der Waals surface area contributed by atoms with E-state index < -0.39 is 0 Å². The molecule has 0 aliphatic heterocycles. The highest BCUT2D eigenvalue weighted by Crippen LogP contribution is 2.11. The van der Waals surface area contributed by atoms with Gasteiger partial charge in [-0.2, -0.15) is 16.9 Å². The van der Waals surface area contributed by atoms with Crippen molar-refractivity contribution in [3.8, 4) is 0 Å². The van der Waals surface area contributed by atoms with E-state index in [4.69, 9.17) is 0 Å². The summed E-state index contributed by atoms with van der Waals surface area (Å²) >= 11 is 1.99. The standard InChI is InChI=1S/C13H25N3S/c1-5-11-8-13(16(6-2)15-11)9-12(14-4)10-17-7-3/h8,12,14H,5-7,9-10H2,1-4H3. The number of nitrogens with zero attached hydrogens (tertiary/aromatic N) is 2. The first kappa shape index (κ1) is 14.6. The summed E-state index contributed by atoms with van der Waals surface area (Å²) in [6, 6.07) is 2.80. The molecule has 4 heteroatoms. The Labute approximate surface area is 109 Å². The maximum atomic E-state index is 4.60. The zero-order chi connectivity index (χ0) is 12.7. The van der Waals surface area contributed by atoms with Gasteiger partial charge in [0.15, 0.2) is 0 Å². The SMILES string of the molecule is CCSCC(Cc1cc(CC)nn1CC)NC. The third kappa shape index (κ3) is 4.36. The Morgan fingerprint density at radius 3 is 2.71 bits per heavy atom. The van der Waals surface area contributed by atoms with Gasteiger partial charge in [0.1, 0.15) is 0 Å². The van der Waals surface area contributed by atoms with Crippen molar-refractivity contribution in [3.05, 3.63) is 17.5 Å². The van der Waals surface area contributed by atoms with Gasteiger partial charge in [-0.1, -0.05) is 13.8 Å². The van der Waals surface area contributed by atoms with Gasteiger partial charge < -0.3 is 5.32 Å². The van der Waals surface area contributed by atoms with Crippen molar-refractivity contribution in [2.24, 2.45) is 0 Å². The predicted molar refractivity (Wildman–Crippen MR) is 76.8 cm³/mol. The number of rotatable bonds is 8. The van der Waals surface area contributed by atoms with Crippen LogP contribution in [0.1, 0.15) is 32.2 Å². The zero-order valence-electron chi connectivity index (χ0n) is 11.5. The summed E-state index contributed by atoms with van der Waals surface area (Å²) in [5.41, 5.74) is 2.57. The normalized spacial score (nSPS) is 12.9. The Morgan fingerprint density at radius 2 is 2.18 bits per heavy atom. The van der Waals surface area contributed by atoms with Crippen molar-refractivity contribution < 1.29 is 0 Å². The van der Waals surface area contributed by atoms with E-state index >= 15 is 0 Å². The van der Waals surface area contributed by atoms with Gasteiger partial charge in [0.05, 0.1) is 5.69 Å². The lowest BCUT2D eigenvalue weighted by Crippen LogP contribution is -2.31. The average molecular weight is 255 g/mol. The van der Waals surface area contributed by atoms with Gasteiger partial charge in [0.25, 0.3) is 0 Å². The first-order chi connectivity index (χ1) is 8.24. The third-order valence-corrected chi connectivity index (χ3v) is 4.01. The molecule has 1 aromatic rings. The number of hydrogen-bond acceptors (Lipinski definition) is 3. The average Bonchev–Trinajstić information content (AvgIpc) is 2.76. The predicted octanol–water partition coefficient (Wildman–Crippen LogP) is 2.35. The van der Waals surface area contributed by atoms with Crippen LogP contribution < -0.4 is 5.32 Å². The Balaban J connectivity index is 2.67. The second kappa shape index (κ2) is 7.77. The lowest BCUT2D eigenvalue weighted by atomic mass is 10.1. The van der Waals surface area contributed by atoms with Gasteiger partial charge in [0, 0.05) is 30.5 Å². The van der Waals surface area contributed by atoms with Crippen molar-refractivity contribution in [3.63, 3.8) is 0 Å². The fraction of sp³-hybridized carbons (Fsp3) is 0.769. The summed E-state index contributed by atoms with van der Waals surface area (Å²) < 4.78 is 2.14. The van der Waals surface area contributed by atoms with Crippen LogP contribution in [0.25, 0.3) is 0 Å². The minimum Gasteiger partial charge on any atom is -0.316 e. The van der Waals surface area contributed by atoms with Crippen LogP contribution in [0.5, 0.6) is 0 Å². The number of thioether (sulfide) groups is 1. The molecule has 1 heterocycles.